The minimum atomic E-state index is 0.787. The van der Waals surface area contributed by atoms with Crippen molar-refractivity contribution in [2.45, 2.75) is 0 Å². The van der Waals surface area contributed by atoms with E-state index in [-0.39, 0.29) is 0 Å². The maximum Gasteiger partial charge on any atom is 0.188 e. The Morgan fingerprint density at radius 2 is 1.81 bits per heavy atom. The van der Waals surface area contributed by atoms with Gasteiger partial charge >= 0.3 is 0 Å². The van der Waals surface area contributed by atoms with Crippen LogP contribution in [0.2, 0.25) is 0 Å². The molecule has 0 aliphatic carbocycles. The number of hydrogen-bond acceptors (Lipinski definition) is 1. The van der Waals surface area contributed by atoms with Crippen molar-refractivity contribution in [3.05, 3.63) is 69.6 Å². The summed E-state index contributed by atoms with van der Waals surface area (Å²) < 4.78 is 1.70. The van der Waals surface area contributed by atoms with Crippen LogP contribution in [0.1, 0.15) is 11.1 Å². The predicted molar refractivity (Wildman–Crippen MR) is 68.5 cm³/mol. The molecule has 0 spiro atoms. The van der Waals surface area contributed by atoms with Crippen molar-refractivity contribution < 1.29 is 4.73 Å². The molecule has 0 saturated carbocycles. The third kappa shape index (κ3) is 2.70. The Balaban J connectivity index is 2.27. The highest BCUT2D eigenvalue weighted by Gasteiger charge is 1.99. The molecule has 0 saturated heterocycles. The third-order valence-corrected chi connectivity index (χ3v) is 2.89. The highest BCUT2D eigenvalue weighted by molar-refractivity contribution is 9.10. The van der Waals surface area contributed by atoms with Crippen molar-refractivity contribution >= 4 is 28.1 Å². The molecule has 0 N–H and O–H groups in total. The summed E-state index contributed by atoms with van der Waals surface area (Å²) >= 11 is 3.40. The predicted octanol–water partition coefficient (Wildman–Crippen LogP) is 3.25. The van der Waals surface area contributed by atoms with Crippen LogP contribution in [-0.2, 0) is 0 Å². The molecule has 3 heteroatoms. The second-order valence-electron chi connectivity index (χ2n) is 3.35. The molecule has 2 aromatic rings. The molecular weight excluding hydrogens is 266 g/mol. The lowest BCUT2D eigenvalue weighted by Crippen LogP contribution is -2.24. The molecule has 0 bridgehead atoms. The fourth-order valence-electron chi connectivity index (χ4n) is 1.35. The number of pyridine rings is 1. The van der Waals surface area contributed by atoms with E-state index in [9.17, 15) is 5.21 Å². The average molecular weight is 276 g/mol. The zero-order chi connectivity index (χ0) is 11.4. The van der Waals surface area contributed by atoms with Gasteiger partial charge in [0.05, 0.1) is 5.56 Å². The quantitative estimate of drug-likeness (QED) is 0.611. The second kappa shape index (κ2) is 4.94. The lowest BCUT2D eigenvalue weighted by atomic mass is 10.2. The van der Waals surface area contributed by atoms with Crippen LogP contribution in [0.25, 0.3) is 12.2 Å². The van der Waals surface area contributed by atoms with E-state index in [1.165, 1.54) is 12.4 Å². The summed E-state index contributed by atoms with van der Waals surface area (Å²) in [6, 6.07) is 11.7. The topological polar surface area (TPSA) is 26.9 Å². The highest BCUT2D eigenvalue weighted by Crippen LogP contribution is 2.16. The highest BCUT2D eigenvalue weighted by atomic mass is 79.9. The summed E-state index contributed by atoms with van der Waals surface area (Å²) in [6.07, 6.45) is 6.88. The van der Waals surface area contributed by atoms with E-state index in [2.05, 4.69) is 15.9 Å². The van der Waals surface area contributed by atoms with Gasteiger partial charge in [-0.25, -0.2) is 0 Å². The van der Waals surface area contributed by atoms with Gasteiger partial charge in [-0.2, -0.15) is 4.73 Å². The van der Waals surface area contributed by atoms with Crippen LogP contribution in [0.3, 0.4) is 0 Å². The van der Waals surface area contributed by atoms with Crippen molar-refractivity contribution in [2.75, 3.05) is 0 Å². The van der Waals surface area contributed by atoms with Crippen LogP contribution >= 0.6 is 15.9 Å². The van der Waals surface area contributed by atoms with Crippen molar-refractivity contribution in [1.82, 2.24) is 0 Å². The fraction of sp³-hybridized carbons (Fsp3) is 0. The molecule has 16 heavy (non-hydrogen) atoms. The Hall–Kier alpha value is -1.61. The molecule has 1 aromatic heterocycles. The number of aromatic nitrogens is 1. The van der Waals surface area contributed by atoms with Crippen LogP contribution < -0.4 is 4.73 Å². The van der Waals surface area contributed by atoms with Gasteiger partial charge in [0.15, 0.2) is 12.4 Å². The largest absolute Gasteiger partial charge is 0.619 e. The summed E-state index contributed by atoms with van der Waals surface area (Å²) in [5.41, 5.74) is 1.97. The minimum Gasteiger partial charge on any atom is -0.619 e. The Kier molecular flexibility index (Phi) is 3.37. The molecule has 0 fully saturated rings. The van der Waals surface area contributed by atoms with E-state index in [0.29, 0.717) is 0 Å². The van der Waals surface area contributed by atoms with E-state index in [1.807, 2.05) is 42.5 Å². The van der Waals surface area contributed by atoms with Gasteiger partial charge in [-0.3, -0.25) is 0 Å². The van der Waals surface area contributed by atoms with Gasteiger partial charge in [0.25, 0.3) is 0 Å². The molecule has 0 radical (unpaired) electrons. The zero-order valence-electron chi connectivity index (χ0n) is 8.51. The summed E-state index contributed by atoms with van der Waals surface area (Å²) in [5, 5.41) is 11.1. The van der Waals surface area contributed by atoms with Gasteiger partial charge in [-0.1, -0.05) is 36.4 Å². The molecule has 0 amide bonds. The van der Waals surface area contributed by atoms with Crippen molar-refractivity contribution in [2.24, 2.45) is 0 Å². The molecule has 1 heterocycles. The standard InChI is InChI=1S/C13H10BrNO/c14-13-8-9-15(16)10-12(13)7-6-11-4-2-1-3-5-11/h1-10H/b7-6+. The normalized spacial score (nSPS) is 10.8. The first-order valence-electron chi connectivity index (χ1n) is 4.87. The van der Waals surface area contributed by atoms with Crippen LogP contribution in [0.4, 0.5) is 0 Å². The second-order valence-corrected chi connectivity index (χ2v) is 4.21. The molecule has 2 rings (SSSR count). The smallest absolute Gasteiger partial charge is 0.188 e. The molecule has 0 aliphatic rings. The van der Waals surface area contributed by atoms with Crippen LogP contribution in [0.5, 0.6) is 0 Å². The number of hydrogen-bond donors (Lipinski definition) is 0. The number of nitrogens with zero attached hydrogens (tertiary/aromatic N) is 1. The first kappa shape index (κ1) is 10.9. The lowest BCUT2D eigenvalue weighted by Gasteiger charge is -1.99. The van der Waals surface area contributed by atoms with Gasteiger partial charge < -0.3 is 5.21 Å². The number of benzene rings is 1. The van der Waals surface area contributed by atoms with Crippen LogP contribution in [0.15, 0.2) is 53.3 Å². The van der Waals surface area contributed by atoms with Gasteiger partial charge in [0.1, 0.15) is 0 Å². The molecule has 0 unspecified atom stereocenters. The van der Waals surface area contributed by atoms with Crippen molar-refractivity contribution in [3.8, 4) is 0 Å². The molecule has 0 aliphatic heterocycles. The van der Waals surface area contributed by atoms with Crippen molar-refractivity contribution in [3.63, 3.8) is 0 Å². The Morgan fingerprint density at radius 1 is 1.06 bits per heavy atom. The summed E-state index contributed by atoms with van der Waals surface area (Å²) in [6.45, 7) is 0. The average Bonchev–Trinajstić information content (AvgIpc) is 2.32. The van der Waals surface area contributed by atoms with E-state index in [0.717, 1.165) is 20.3 Å². The zero-order valence-corrected chi connectivity index (χ0v) is 10.1. The minimum absolute atomic E-state index is 0.787. The Morgan fingerprint density at radius 3 is 2.56 bits per heavy atom. The lowest BCUT2D eigenvalue weighted by molar-refractivity contribution is -0.605. The number of halogens is 1. The van der Waals surface area contributed by atoms with Crippen molar-refractivity contribution in [1.29, 1.82) is 0 Å². The fourth-order valence-corrected chi connectivity index (χ4v) is 1.70. The van der Waals surface area contributed by atoms with Gasteiger partial charge in [0.2, 0.25) is 0 Å². The van der Waals surface area contributed by atoms with E-state index >= 15 is 0 Å². The van der Waals surface area contributed by atoms with E-state index < -0.39 is 0 Å². The first-order chi connectivity index (χ1) is 7.75. The van der Waals surface area contributed by atoms with Gasteiger partial charge in [-0.05, 0) is 27.6 Å². The summed E-state index contributed by atoms with van der Waals surface area (Å²) in [5.74, 6) is 0. The van der Waals surface area contributed by atoms with Gasteiger partial charge in [0, 0.05) is 10.5 Å². The molecule has 1 aromatic carbocycles. The summed E-state index contributed by atoms with van der Waals surface area (Å²) in [4.78, 5) is 0. The van der Waals surface area contributed by atoms with E-state index in [1.54, 1.807) is 6.07 Å². The Bertz CT molecular complexity index is 509. The van der Waals surface area contributed by atoms with Crippen LogP contribution in [-0.4, -0.2) is 0 Å². The number of rotatable bonds is 2. The summed E-state index contributed by atoms with van der Waals surface area (Å²) in [7, 11) is 0. The van der Waals surface area contributed by atoms with E-state index in [4.69, 9.17) is 0 Å². The Labute approximate surface area is 103 Å². The third-order valence-electron chi connectivity index (χ3n) is 2.16. The van der Waals surface area contributed by atoms with Crippen LogP contribution in [0, 0.1) is 5.21 Å². The SMILES string of the molecule is [O-][n+]1ccc(Br)c(/C=C/c2ccccc2)c1. The van der Waals surface area contributed by atoms with Gasteiger partial charge in [-0.15, -0.1) is 0 Å². The molecule has 2 nitrogen and oxygen atoms in total. The monoisotopic (exact) mass is 275 g/mol. The molecular formula is C13H10BrNO. The molecule has 80 valence electrons. The maximum absolute atomic E-state index is 11.1. The first-order valence-corrected chi connectivity index (χ1v) is 5.66. The maximum atomic E-state index is 11.1. The molecule has 0 atom stereocenters.